The van der Waals surface area contributed by atoms with Crippen molar-refractivity contribution < 1.29 is 13.7 Å². The number of aryl methyl sites for hydroxylation is 1. The number of aromatic nitrogens is 2. The van der Waals surface area contributed by atoms with Gasteiger partial charge in [0.1, 0.15) is 5.69 Å². The van der Waals surface area contributed by atoms with Crippen molar-refractivity contribution in [1.29, 1.82) is 0 Å². The predicted molar refractivity (Wildman–Crippen MR) is 93.2 cm³/mol. The second-order valence-corrected chi connectivity index (χ2v) is 6.69. The standard InChI is InChI=1S/C19H21N3O3/c1-12-17-14(18(23)20-11-13-6-3-2-4-7-13)10-15(16-8-5-9-24-16)21-19(17)25-22-12/h5,8-10,13H,2-4,6-7,11H2,1H3,(H,20,23). The normalized spacial score (nSPS) is 15.6. The number of rotatable bonds is 4. The third-order valence-corrected chi connectivity index (χ3v) is 4.91. The largest absolute Gasteiger partial charge is 0.463 e. The van der Waals surface area contributed by atoms with Gasteiger partial charge >= 0.3 is 0 Å². The molecule has 1 aliphatic carbocycles. The van der Waals surface area contributed by atoms with Crippen molar-refractivity contribution in [3.63, 3.8) is 0 Å². The highest BCUT2D eigenvalue weighted by atomic mass is 16.5. The van der Waals surface area contributed by atoms with Gasteiger partial charge in [-0.15, -0.1) is 0 Å². The number of carbonyl (C=O) groups excluding carboxylic acids is 1. The van der Waals surface area contributed by atoms with Gasteiger partial charge in [-0.25, -0.2) is 4.98 Å². The van der Waals surface area contributed by atoms with Crippen LogP contribution >= 0.6 is 0 Å². The van der Waals surface area contributed by atoms with Gasteiger partial charge in [0.25, 0.3) is 11.6 Å². The molecule has 0 unspecified atom stereocenters. The Labute approximate surface area is 145 Å². The summed E-state index contributed by atoms with van der Waals surface area (Å²) in [6.07, 6.45) is 7.78. The van der Waals surface area contributed by atoms with Gasteiger partial charge in [-0.05, 0) is 43.9 Å². The number of fused-ring (bicyclic) bond motifs is 1. The third-order valence-electron chi connectivity index (χ3n) is 4.91. The van der Waals surface area contributed by atoms with E-state index in [4.69, 9.17) is 8.94 Å². The minimum atomic E-state index is -0.114. The van der Waals surface area contributed by atoms with Crippen molar-refractivity contribution in [2.75, 3.05) is 6.54 Å². The van der Waals surface area contributed by atoms with E-state index >= 15 is 0 Å². The fourth-order valence-electron chi connectivity index (χ4n) is 3.55. The molecule has 0 spiro atoms. The topological polar surface area (TPSA) is 81.2 Å². The van der Waals surface area contributed by atoms with Crippen LogP contribution in [-0.2, 0) is 0 Å². The first-order valence-corrected chi connectivity index (χ1v) is 8.81. The molecule has 0 bridgehead atoms. The lowest BCUT2D eigenvalue weighted by molar-refractivity contribution is 0.0945. The first kappa shape index (κ1) is 15.9. The molecule has 130 valence electrons. The Balaban J connectivity index is 1.64. The van der Waals surface area contributed by atoms with Gasteiger partial charge in [-0.3, -0.25) is 4.79 Å². The quantitative estimate of drug-likeness (QED) is 0.774. The fourth-order valence-corrected chi connectivity index (χ4v) is 3.55. The lowest BCUT2D eigenvalue weighted by Gasteiger charge is -2.21. The van der Waals surface area contributed by atoms with E-state index in [0.717, 1.165) is 0 Å². The van der Waals surface area contributed by atoms with Crippen molar-refractivity contribution in [3.05, 3.63) is 35.7 Å². The number of furan rings is 1. The number of nitrogens with one attached hydrogen (secondary N) is 1. The molecule has 0 saturated heterocycles. The number of carbonyl (C=O) groups is 1. The average Bonchev–Trinajstić information content (AvgIpc) is 3.30. The van der Waals surface area contributed by atoms with Gasteiger partial charge in [0, 0.05) is 6.54 Å². The molecule has 1 saturated carbocycles. The Kier molecular flexibility index (Phi) is 4.26. The van der Waals surface area contributed by atoms with E-state index in [1.54, 1.807) is 24.5 Å². The van der Waals surface area contributed by atoms with E-state index in [0.29, 0.717) is 46.3 Å². The second-order valence-electron chi connectivity index (χ2n) is 6.69. The molecule has 1 aliphatic rings. The molecule has 1 fully saturated rings. The number of amides is 1. The van der Waals surface area contributed by atoms with Crippen LogP contribution in [0, 0.1) is 12.8 Å². The lowest BCUT2D eigenvalue weighted by Crippen LogP contribution is -2.30. The van der Waals surface area contributed by atoms with Crippen LogP contribution in [0.25, 0.3) is 22.6 Å². The molecule has 1 amide bonds. The van der Waals surface area contributed by atoms with E-state index in [1.165, 1.54) is 32.1 Å². The number of pyridine rings is 1. The molecular formula is C19H21N3O3. The zero-order chi connectivity index (χ0) is 17.2. The van der Waals surface area contributed by atoms with Crippen LogP contribution in [0.15, 0.2) is 33.4 Å². The monoisotopic (exact) mass is 339 g/mol. The maximum atomic E-state index is 12.8. The average molecular weight is 339 g/mol. The molecule has 0 radical (unpaired) electrons. The maximum absolute atomic E-state index is 12.8. The minimum absolute atomic E-state index is 0.114. The second kappa shape index (κ2) is 6.70. The molecule has 0 aromatic carbocycles. The van der Waals surface area contributed by atoms with Crippen molar-refractivity contribution >= 4 is 17.0 Å². The summed E-state index contributed by atoms with van der Waals surface area (Å²) in [5.74, 6) is 1.05. The Hall–Kier alpha value is -2.63. The van der Waals surface area contributed by atoms with Gasteiger partial charge < -0.3 is 14.3 Å². The Morgan fingerprint density at radius 1 is 1.32 bits per heavy atom. The first-order chi connectivity index (χ1) is 12.2. The molecule has 0 atom stereocenters. The zero-order valence-electron chi connectivity index (χ0n) is 14.2. The molecule has 1 N–H and O–H groups in total. The van der Waals surface area contributed by atoms with Crippen molar-refractivity contribution in [2.24, 2.45) is 5.92 Å². The number of hydrogen-bond acceptors (Lipinski definition) is 5. The maximum Gasteiger partial charge on any atom is 0.259 e. The molecule has 3 heterocycles. The molecular weight excluding hydrogens is 318 g/mol. The molecule has 25 heavy (non-hydrogen) atoms. The number of hydrogen-bond donors (Lipinski definition) is 1. The molecule has 3 aromatic rings. The highest BCUT2D eigenvalue weighted by Gasteiger charge is 2.21. The summed E-state index contributed by atoms with van der Waals surface area (Å²) >= 11 is 0. The molecule has 6 nitrogen and oxygen atoms in total. The SMILES string of the molecule is Cc1noc2nc(-c3ccco3)cc(C(=O)NCC3CCCCC3)c12. The van der Waals surface area contributed by atoms with Crippen LogP contribution in [0.1, 0.15) is 48.2 Å². The lowest BCUT2D eigenvalue weighted by atomic mass is 9.89. The number of nitrogens with zero attached hydrogens (tertiary/aromatic N) is 2. The Bertz CT molecular complexity index is 877. The van der Waals surface area contributed by atoms with Crippen LogP contribution in [0.4, 0.5) is 0 Å². The highest BCUT2D eigenvalue weighted by Crippen LogP contribution is 2.28. The van der Waals surface area contributed by atoms with E-state index in [-0.39, 0.29) is 5.91 Å². The van der Waals surface area contributed by atoms with Crippen LogP contribution in [-0.4, -0.2) is 22.6 Å². The molecule has 6 heteroatoms. The van der Waals surface area contributed by atoms with Crippen LogP contribution in [0.3, 0.4) is 0 Å². The van der Waals surface area contributed by atoms with Gasteiger partial charge in [0.05, 0.1) is 22.9 Å². The van der Waals surface area contributed by atoms with E-state index in [1.807, 2.05) is 6.92 Å². The summed E-state index contributed by atoms with van der Waals surface area (Å²) in [7, 11) is 0. The smallest absolute Gasteiger partial charge is 0.259 e. The molecule has 4 rings (SSSR count). The van der Waals surface area contributed by atoms with Crippen LogP contribution in [0.5, 0.6) is 0 Å². The highest BCUT2D eigenvalue weighted by molar-refractivity contribution is 6.06. The van der Waals surface area contributed by atoms with Crippen LogP contribution < -0.4 is 5.32 Å². The Morgan fingerprint density at radius 3 is 2.92 bits per heavy atom. The van der Waals surface area contributed by atoms with Gasteiger partial charge in [0.15, 0.2) is 5.76 Å². The summed E-state index contributed by atoms with van der Waals surface area (Å²) in [6.45, 7) is 2.53. The summed E-state index contributed by atoms with van der Waals surface area (Å²) in [4.78, 5) is 17.3. The zero-order valence-corrected chi connectivity index (χ0v) is 14.2. The van der Waals surface area contributed by atoms with Gasteiger partial charge in [-0.1, -0.05) is 24.4 Å². The molecule has 0 aliphatic heterocycles. The summed E-state index contributed by atoms with van der Waals surface area (Å²) in [6, 6.07) is 5.35. The van der Waals surface area contributed by atoms with Crippen LogP contribution in [0.2, 0.25) is 0 Å². The summed E-state index contributed by atoms with van der Waals surface area (Å²) < 4.78 is 10.7. The fraction of sp³-hybridized carbons (Fsp3) is 0.421. The van der Waals surface area contributed by atoms with Crippen molar-refractivity contribution in [3.8, 4) is 11.5 Å². The summed E-state index contributed by atoms with van der Waals surface area (Å²) in [5, 5.41) is 7.71. The summed E-state index contributed by atoms with van der Waals surface area (Å²) in [5.41, 5.74) is 2.12. The van der Waals surface area contributed by atoms with Gasteiger partial charge in [-0.2, -0.15) is 0 Å². The predicted octanol–water partition coefficient (Wildman–Crippen LogP) is 4.10. The van der Waals surface area contributed by atoms with E-state index < -0.39 is 0 Å². The van der Waals surface area contributed by atoms with Crippen molar-refractivity contribution in [1.82, 2.24) is 15.5 Å². The first-order valence-electron chi connectivity index (χ1n) is 8.81. The van der Waals surface area contributed by atoms with E-state index in [2.05, 4.69) is 15.5 Å². The Morgan fingerprint density at radius 2 is 2.16 bits per heavy atom. The van der Waals surface area contributed by atoms with Crippen molar-refractivity contribution in [2.45, 2.75) is 39.0 Å². The minimum Gasteiger partial charge on any atom is -0.463 e. The third kappa shape index (κ3) is 3.16. The molecule has 3 aromatic heterocycles. The van der Waals surface area contributed by atoms with Gasteiger partial charge in [0.2, 0.25) is 0 Å². The van der Waals surface area contributed by atoms with E-state index in [9.17, 15) is 4.79 Å².